The topological polar surface area (TPSA) is 72.6 Å². The lowest BCUT2D eigenvalue weighted by atomic mass is 10.0. The Bertz CT molecular complexity index is 614. The smallest absolute Gasteiger partial charge is 0.251 e. The average molecular weight is 302 g/mol. The van der Waals surface area contributed by atoms with Crippen LogP contribution in [0, 0.1) is 0 Å². The summed E-state index contributed by atoms with van der Waals surface area (Å²) in [6.45, 7) is 2.72. The molecule has 1 aromatic carbocycles. The van der Waals surface area contributed by atoms with Gasteiger partial charge >= 0.3 is 0 Å². The summed E-state index contributed by atoms with van der Waals surface area (Å²) in [6, 6.07) is 6.32. The van der Waals surface area contributed by atoms with Crippen LogP contribution in [-0.4, -0.2) is 42.0 Å². The Kier molecular flexibility index (Phi) is 3.91. The van der Waals surface area contributed by atoms with E-state index in [1.807, 2.05) is 6.07 Å². The van der Waals surface area contributed by atoms with E-state index in [-0.39, 0.29) is 12.5 Å². The van der Waals surface area contributed by atoms with Gasteiger partial charge in [0.1, 0.15) is 0 Å². The van der Waals surface area contributed by atoms with Crippen LogP contribution in [0.4, 0.5) is 0 Å². The fourth-order valence-corrected chi connectivity index (χ4v) is 3.25. The number of hydrogen-bond acceptors (Lipinski definition) is 3. The molecule has 1 fully saturated rings. The zero-order chi connectivity index (χ0) is 15.7. The Hall–Kier alpha value is -1.88. The maximum Gasteiger partial charge on any atom is 0.251 e. The van der Waals surface area contributed by atoms with Crippen molar-refractivity contribution < 1.29 is 14.3 Å². The Balaban J connectivity index is 1.68. The number of primary amides is 1. The van der Waals surface area contributed by atoms with E-state index < -0.39 is 11.5 Å². The molecule has 118 valence electrons. The summed E-state index contributed by atoms with van der Waals surface area (Å²) >= 11 is 0. The first-order valence-corrected chi connectivity index (χ1v) is 7.80. The number of morpholine rings is 1. The van der Waals surface area contributed by atoms with Crippen LogP contribution in [0.5, 0.6) is 0 Å². The molecule has 2 amide bonds. The summed E-state index contributed by atoms with van der Waals surface area (Å²) in [4.78, 5) is 25.7. The van der Waals surface area contributed by atoms with Crippen molar-refractivity contribution in [3.8, 4) is 0 Å². The van der Waals surface area contributed by atoms with Crippen LogP contribution in [0.15, 0.2) is 18.2 Å². The second-order valence-electron chi connectivity index (χ2n) is 6.39. The number of aryl methyl sites for hydroxylation is 2. The van der Waals surface area contributed by atoms with Crippen molar-refractivity contribution in [3.63, 3.8) is 0 Å². The van der Waals surface area contributed by atoms with Crippen molar-refractivity contribution in [1.82, 2.24) is 4.90 Å². The number of carbonyl (C=O) groups is 2. The minimum absolute atomic E-state index is 0.0220. The normalized spacial score (nSPS) is 24.1. The van der Waals surface area contributed by atoms with Gasteiger partial charge in [0.25, 0.3) is 5.91 Å². The van der Waals surface area contributed by atoms with Gasteiger partial charge in [-0.15, -0.1) is 0 Å². The molecular formula is C17H22N2O3. The molecule has 5 heteroatoms. The number of ether oxygens (including phenoxy) is 1. The Labute approximate surface area is 130 Å². The third-order valence-corrected chi connectivity index (χ3v) is 4.67. The molecule has 1 saturated heterocycles. The van der Waals surface area contributed by atoms with Gasteiger partial charge in [-0.3, -0.25) is 9.59 Å². The van der Waals surface area contributed by atoms with Gasteiger partial charge in [0.2, 0.25) is 5.91 Å². The molecule has 0 aromatic heterocycles. The summed E-state index contributed by atoms with van der Waals surface area (Å²) < 4.78 is 5.45. The van der Waals surface area contributed by atoms with E-state index >= 15 is 0 Å². The zero-order valence-corrected chi connectivity index (χ0v) is 12.9. The number of nitrogens with two attached hydrogens (primary N) is 1. The van der Waals surface area contributed by atoms with Crippen molar-refractivity contribution in [2.45, 2.75) is 38.2 Å². The van der Waals surface area contributed by atoms with E-state index in [0.29, 0.717) is 19.6 Å². The predicted octanol–water partition coefficient (Wildman–Crippen LogP) is 0.821. The van der Waals surface area contributed by atoms with E-state index in [0.717, 1.165) is 18.4 Å². The number of fused-ring (bicyclic) bond motifs is 1. The zero-order valence-electron chi connectivity index (χ0n) is 12.9. The summed E-state index contributed by atoms with van der Waals surface area (Å²) in [5.41, 5.74) is 8.11. The molecule has 5 nitrogen and oxygen atoms in total. The van der Waals surface area contributed by atoms with Crippen molar-refractivity contribution >= 4 is 11.8 Å². The van der Waals surface area contributed by atoms with Crippen LogP contribution in [0.25, 0.3) is 0 Å². The molecule has 0 saturated carbocycles. The van der Waals surface area contributed by atoms with Crippen molar-refractivity contribution in [2.75, 3.05) is 19.7 Å². The van der Waals surface area contributed by atoms with Crippen molar-refractivity contribution in [3.05, 3.63) is 34.9 Å². The Morgan fingerprint density at radius 1 is 1.32 bits per heavy atom. The second kappa shape index (κ2) is 5.72. The third kappa shape index (κ3) is 2.86. The highest BCUT2D eigenvalue weighted by atomic mass is 16.5. The first-order valence-electron chi connectivity index (χ1n) is 7.80. The van der Waals surface area contributed by atoms with E-state index in [9.17, 15) is 9.59 Å². The van der Waals surface area contributed by atoms with Gasteiger partial charge in [0, 0.05) is 6.54 Å². The Morgan fingerprint density at radius 2 is 2.09 bits per heavy atom. The molecule has 0 radical (unpaired) electrons. The van der Waals surface area contributed by atoms with Gasteiger partial charge in [-0.2, -0.15) is 0 Å². The molecular weight excluding hydrogens is 280 g/mol. The predicted molar refractivity (Wildman–Crippen MR) is 82.3 cm³/mol. The van der Waals surface area contributed by atoms with Crippen LogP contribution in [0.3, 0.4) is 0 Å². The molecule has 3 rings (SSSR count). The van der Waals surface area contributed by atoms with E-state index in [1.54, 1.807) is 11.8 Å². The molecule has 1 atom stereocenters. The van der Waals surface area contributed by atoms with Crippen LogP contribution in [-0.2, 0) is 33.6 Å². The first-order chi connectivity index (χ1) is 10.5. The van der Waals surface area contributed by atoms with Crippen molar-refractivity contribution in [1.29, 1.82) is 0 Å². The van der Waals surface area contributed by atoms with Gasteiger partial charge in [0.05, 0.1) is 19.6 Å². The van der Waals surface area contributed by atoms with Crippen LogP contribution < -0.4 is 5.73 Å². The van der Waals surface area contributed by atoms with Crippen molar-refractivity contribution in [2.24, 2.45) is 5.73 Å². The standard InChI is InChI=1S/C17H22N2O3/c1-17(16(18)21)11-19(7-8-22-17)15(20)10-12-5-6-13-3-2-4-14(13)9-12/h5-6,9H,2-4,7-8,10-11H2,1H3,(H2,18,21)/t17-/m0/s1. The lowest BCUT2D eigenvalue weighted by molar-refractivity contribution is -0.160. The van der Waals surface area contributed by atoms with E-state index in [4.69, 9.17) is 10.5 Å². The summed E-state index contributed by atoms with van der Waals surface area (Å²) in [6.07, 6.45) is 3.81. The molecule has 1 aromatic rings. The minimum atomic E-state index is -1.08. The number of nitrogens with zero attached hydrogens (tertiary/aromatic N) is 1. The largest absolute Gasteiger partial charge is 0.367 e. The monoisotopic (exact) mass is 302 g/mol. The average Bonchev–Trinajstić information content (AvgIpc) is 2.94. The van der Waals surface area contributed by atoms with Gasteiger partial charge < -0.3 is 15.4 Å². The molecule has 1 aliphatic heterocycles. The number of rotatable bonds is 3. The van der Waals surface area contributed by atoms with E-state index in [2.05, 4.69) is 12.1 Å². The molecule has 0 bridgehead atoms. The first kappa shape index (κ1) is 15.0. The molecule has 2 aliphatic rings. The third-order valence-electron chi connectivity index (χ3n) is 4.67. The number of amides is 2. The Morgan fingerprint density at radius 3 is 2.86 bits per heavy atom. The molecule has 2 N–H and O–H groups in total. The highest BCUT2D eigenvalue weighted by Gasteiger charge is 2.39. The fraction of sp³-hybridized carbons (Fsp3) is 0.529. The molecule has 0 unspecified atom stereocenters. The van der Waals surface area contributed by atoms with Gasteiger partial charge in [0.15, 0.2) is 5.60 Å². The molecule has 1 heterocycles. The van der Waals surface area contributed by atoms with E-state index in [1.165, 1.54) is 17.5 Å². The summed E-state index contributed by atoms with van der Waals surface area (Å²) in [5, 5.41) is 0. The van der Waals surface area contributed by atoms with Crippen LogP contribution >= 0.6 is 0 Å². The highest BCUT2D eigenvalue weighted by molar-refractivity contribution is 5.85. The number of hydrogen-bond donors (Lipinski definition) is 1. The summed E-state index contributed by atoms with van der Waals surface area (Å²) in [7, 11) is 0. The molecule has 1 aliphatic carbocycles. The lowest BCUT2D eigenvalue weighted by Gasteiger charge is -2.38. The number of carbonyl (C=O) groups excluding carboxylic acids is 2. The van der Waals surface area contributed by atoms with Crippen LogP contribution in [0.1, 0.15) is 30.0 Å². The van der Waals surface area contributed by atoms with Gasteiger partial charge in [-0.25, -0.2) is 0 Å². The SMILES string of the molecule is C[C@@]1(C(N)=O)CN(C(=O)Cc2ccc3c(c2)CCC3)CCO1. The molecule has 22 heavy (non-hydrogen) atoms. The van der Waals surface area contributed by atoms with Crippen LogP contribution in [0.2, 0.25) is 0 Å². The second-order valence-corrected chi connectivity index (χ2v) is 6.39. The number of benzene rings is 1. The lowest BCUT2D eigenvalue weighted by Crippen LogP contribution is -2.58. The highest BCUT2D eigenvalue weighted by Crippen LogP contribution is 2.24. The van der Waals surface area contributed by atoms with Gasteiger partial charge in [-0.1, -0.05) is 18.2 Å². The van der Waals surface area contributed by atoms with Gasteiger partial charge in [-0.05, 0) is 42.9 Å². The fourth-order valence-electron chi connectivity index (χ4n) is 3.25. The minimum Gasteiger partial charge on any atom is -0.367 e. The maximum absolute atomic E-state index is 12.5. The maximum atomic E-state index is 12.5. The molecule has 0 spiro atoms. The quantitative estimate of drug-likeness (QED) is 0.898. The summed E-state index contributed by atoms with van der Waals surface area (Å²) in [5.74, 6) is -0.503.